The highest BCUT2D eigenvalue weighted by atomic mass is 31.2. The molecular weight excluding hydrogens is 1190 g/mol. The summed E-state index contributed by atoms with van der Waals surface area (Å²) in [4.78, 5) is 72.3. The number of carbonyl (C=O) groups is 4. The van der Waals surface area contributed by atoms with Gasteiger partial charge in [-0.25, -0.2) is 9.13 Å². The van der Waals surface area contributed by atoms with Crippen molar-refractivity contribution in [3.63, 3.8) is 0 Å². The number of aliphatic hydroxyl groups excluding tert-OH is 1. The molecule has 5 atom stereocenters. The summed E-state index contributed by atoms with van der Waals surface area (Å²) in [6.07, 6.45) is 49.2. The number of rotatable bonds is 70. The van der Waals surface area contributed by atoms with E-state index in [4.69, 9.17) is 37.0 Å². The van der Waals surface area contributed by atoms with Crippen LogP contribution in [-0.4, -0.2) is 96.7 Å². The van der Waals surface area contributed by atoms with Crippen molar-refractivity contribution in [1.82, 2.24) is 0 Å². The number of phosphoric ester groups is 2. The van der Waals surface area contributed by atoms with Crippen LogP contribution in [0, 0.1) is 11.8 Å². The second-order valence-electron chi connectivity index (χ2n) is 26.6. The summed E-state index contributed by atoms with van der Waals surface area (Å²) in [7, 11) is -9.89. The van der Waals surface area contributed by atoms with Gasteiger partial charge in [0, 0.05) is 25.7 Å². The molecule has 0 aliphatic rings. The number of hydrogen-bond acceptors (Lipinski definition) is 15. The Bertz CT molecular complexity index is 1750. The summed E-state index contributed by atoms with van der Waals surface area (Å²) < 4.78 is 68.1. The minimum Gasteiger partial charge on any atom is -0.462 e. The Morgan fingerprint density at radius 2 is 0.511 bits per heavy atom. The fourth-order valence-corrected chi connectivity index (χ4v) is 12.3. The molecule has 0 aromatic rings. The van der Waals surface area contributed by atoms with Crippen molar-refractivity contribution < 1.29 is 80.2 Å². The van der Waals surface area contributed by atoms with Crippen LogP contribution in [0.5, 0.6) is 0 Å². The molecule has 0 aromatic carbocycles. The van der Waals surface area contributed by atoms with E-state index in [1.165, 1.54) is 173 Å². The number of carbonyl (C=O) groups excluding carboxylic acids is 4. The third-order valence-electron chi connectivity index (χ3n) is 16.5. The van der Waals surface area contributed by atoms with Crippen molar-refractivity contribution in [2.24, 2.45) is 11.8 Å². The van der Waals surface area contributed by atoms with Gasteiger partial charge in [-0.2, -0.15) is 0 Å². The molecule has 3 N–H and O–H groups in total. The summed E-state index contributed by atoms with van der Waals surface area (Å²) in [5.74, 6) is -0.659. The lowest BCUT2D eigenvalue weighted by Crippen LogP contribution is -2.30. The first kappa shape index (κ1) is 88.1. The largest absolute Gasteiger partial charge is 0.472 e. The lowest BCUT2D eigenvalue weighted by atomic mass is 10.0. The standard InChI is InChI=1S/C71H138O17P2/c1-7-9-11-13-14-15-16-17-18-19-20-21-22-23-24-29-32-37-43-49-55-70(75)88-67(60-82-69(74)54-48-42-36-31-28-26-25-27-30-34-40-45-51-63(3)4)62-86-90(79,80)84-58-65(72)57-83-89(77,78)85-61-66(59-81-68(73)53-47-39-12-10-8-2)87-71(76)56-50-44-38-33-35-41-46-52-64(5)6/h63-67,72H,7-62H2,1-6H3,(H,77,78)(H,79,80)/t65-,66+,67+/m0/s1. The zero-order valence-corrected chi connectivity index (χ0v) is 60.2. The summed E-state index contributed by atoms with van der Waals surface area (Å²) in [5, 5.41) is 10.6. The first-order chi connectivity index (χ1) is 43.4. The van der Waals surface area contributed by atoms with E-state index in [0.717, 1.165) is 102 Å². The van der Waals surface area contributed by atoms with Crippen molar-refractivity contribution in [2.45, 2.75) is 381 Å². The van der Waals surface area contributed by atoms with Crippen LogP contribution in [0.3, 0.4) is 0 Å². The molecule has 0 saturated carbocycles. The highest BCUT2D eigenvalue weighted by Gasteiger charge is 2.30. The van der Waals surface area contributed by atoms with E-state index in [2.05, 4.69) is 41.5 Å². The molecule has 0 fully saturated rings. The second-order valence-corrected chi connectivity index (χ2v) is 29.5. The van der Waals surface area contributed by atoms with Gasteiger partial charge >= 0.3 is 39.5 Å². The topological polar surface area (TPSA) is 237 Å². The predicted octanol–water partition coefficient (Wildman–Crippen LogP) is 20.4. The Kier molecular flexibility index (Phi) is 61.8. The average Bonchev–Trinajstić information content (AvgIpc) is 3.68. The first-order valence-corrected chi connectivity index (χ1v) is 40.0. The quantitative estimate of drug-likeness (QED) is 0.0222. The van der Waals surface area contributed by atoms with E-state index in [9.17, 15) is 43.2 Å². The molecule has 0 rings (SSSR count). The molecule has 90 heavy (non-hydrogen) atoms. The van der Waals surface area contributed by atoms with Gasteiger partial charge < -0.3 is 33.8 Å². The maximum absolute atomic E-state index is 13.0. The van der Waals surface area contributed by atoms with Crippen LogP contribution in [0.15, 0.2) is 0 Å². The van der Waals surface area contributed by atoms with Gasteiger partial charge in [-0.15, -0.1) is 0 Å². The Balaban J connectivity index is 5.13. The van der Waals surface area contributed by atoms with Crippen molar-refractivity contribution in [2.75, 3.05) is 39.6 Å². The molecule has 0 spiro atoms. The van der Waals surface area contributed by atoms with Gasteiger partial charge in [0.15, 0.2) is 12.2 Å². The molecule has 0 amide bonds. The minimum absolute atomic E-state index is 0.103. The molecule has 534 valence electrons. The van der Waals surface area contributed by atoms with Crippen LogP contribution >= 0.6 is 15.6 Å². The van der Waals surface area contributed by atoms with E-state index in [-0.39, 0.29) is 25.7 Å². The van der Waals surface area contributed by atoms with E-state index in [0.29, 0.717) is 31.6 Å². The van der Waals surface area contributed by atoms with Gasteiger partial charge in [0.1, 0.15) is 19.3 Å². The molecule has 2 unspecified atom stereocenters. The van der Waals surface area contributed by atoms with Gasteiger partial charge in [0.2, 0.25) is 0 Å². The van der Waals surface area contributed by atoms with Crippen LogP contribution in [0.25, 0.3) is 0 Å². The lowest BCUT2D eigenvalue weighted by Gasteiger charge is -2.21. The molecule has 0 aliphatic heterocycles. The third-order valence-corrected chi connectivity index (χ3v) is 18.4. The number of hydrogen-bond donors (Lipinski definition) is 3. The summed E-state index contributed by atoms with van der Waals surface area (Å²) in [6.45, 7) is 9.41. The van der Waals surface area contributed by atoms with E-state index < -0.39 is 97.5 Å². The van der Waals surface area contributed by atoms with Crippen molar-refractivity contribution in [1.29, 1.82) is 0 Å². The zero-order chi connectivity index (χ0) is 66.5. The molecule has 0 bridgehead atoms. The molecular formula is C71H138O17P2. The lowest BCUT2D eigenvalue weighted by molar-refractivity contribution is -0.161. The second kappa shape index (κ2) is 63.1. The molecule has 17 nitrogen and oxygen atoms in total. The number of esters is 4. The smallest absolute Gasteiger partial charge is 0.462 e. The van der Waals surface area contributed by atoms with Crippen LogP contribution in [0.1, 0.15) is 363 Å². The fraction of sp³-hybridized carbons (Fsp3) is 0.944. The van der Waals surface area contributed by atoms with Crippen molar-refractivity contribution in [3.8, 4) is 0 Å². The number of aliphatic hydroxyl groups is 1. The third kappa shape index (κ3) is 64.8. The maximum Gasteiger partial charge on any atom is 0.472 e. The van der Waals surface area contributed by atoms with Crippen LogP contribution in [-0.2, 0) is 65.4 Å². The fourth-order valence-electron chi connectivity index (χ4n) is 10.8. The Morgan fingerprint density at radius 3 is 0.756 bits per heavy atom. The predicted molar refractivity (Wildman–Crippen MR) is 363 cm³/mol. The molecule has 0 radical (unpaired) electrons. The molecule has 19 heteroatoms. The molecule has 0 heterocycles. The molecule has 0 aliphatic carbocycles. The summed E-state index contributed by atoms with van der Waals surface area (Å²) >= 11 is 0. The summed E-state index contributed by atoms with van der Waals surface area (Å²) in [6, 6.07) is 0. The highest BCUT2D eigenvalue weighted by Crippen LogP contribution is 2.45. The Labute approximate surface area is 549 Å². The van der Waals surface area contributed by atoms with Crippen LogP contribution in [0.2, 0.25) is 0 Å². The van der Waals surface area contributed by atoms with Gasteiger partial charge in [-0.3, -0.25) is 37.3 Å². The first-order valence-electron chi connectivity index (χ1n) is 37.0. The minimum atomic E-state index is -4.95. The normalized spacial score (nSPS) is 14.1. The number of unbranched alkanes of at least 4 members (excludes halogenated alkanes) is 40. The van der Waals surface area contributed by atoms with E-state index in [1.807, 2.05) is 0 Å². The Hall–Kier alpha value is -1.94. The Morgan fingerprint density at radius 1 is 0.300 bits per heavy atom. The monoisotopic (exact) mass is 1320 g/mol. The molecule has 0 aromatic heterocycles. The SMILES string of the molecule is CCCCCCCCCCCCCCCCCCCCCCC(=O)O[C@H](COC(=O)CCCCCCCCCCCCCCC(C)C)COP(=O)(O)OC[C@@H](O)COP(=O)(O)OC[C@@H](COC(=O)CCCCCCC)OC(=O)CCCCCCCCCC(C)C. The number of ether oxygens (including phenoxy) is 4. The van der Waals surface area contributed by atoms with Gasteiger partial charge in [-0.1, -0.05) is 311 Å². The molecule has 0 saturated heterocycles. The van der Waals surface area contributed by atoms with Crippen molar-refractivity contribution in [3.05, 3.63) is 0 Å². The summed E-state index contributed by atoms with van der Waals surface area (Å²) in [5.41, 5.74) is 0. The van der Waals surface area contributed by atoms with E-state index >= 15 is 0 Å². The van der Waals surface area contributed by atoms with E-state index in [1.54, 1.807) is 0 Å². The van der Waals surface area contributed by atoms with Crippen LogP contribution in [0.4, 0.5) is 0 Å². The van der Waals surface area contributed by atoms with Gasteiger partial charge in [-0.05, 0) is 37.5 Å². The van der Waals surface area contributed by atoms with Crippen LogP contribution < -0.4 is 0 Å². The highest BCUT2D eigenvalue weighted by molar-refractivity contribution is 7.47. The van der Waals surface area contributed by atoms with Gasteiger partial charge in [0.25, 0.3) is 0 Å². The van der Waals surface area contributed by atoms with Gasteiger partial charge in [0.05, 0.1) is 26.4 Å². The average molecular weight is 1330 g/mol. The van der Waals surface area contributed by atoms with Crippen molar-refractivity contribution >= 4 is 39.5 Å². The number of phosphoric acid groups is 2. The zero-order valence-electron chi connectivity index (χ0n) is 58.4. The maximum atomic E-state index is 13.0.